The number of benzene rings is 2. The van der Waals surface area contributed by atoms with Crippen molar-refractivity contribution >= 4 is 23.7 Å². The second-order valence-corrected chi connectivity index (χ2v) is 4.07. The lowest BCUT2D eigenvalue weighted by molar-refractivity contribution is 1.06. The zero-order valence-corrected chi connectivity index (χ0v) is 9.43. The first kappa shape index (κ1) is 9.48. The molecule has 0 N–H and O–H groups in total. The minimum absolute atomic E-state index is 0.950. The first-order chi connectivity index (χ1) is 7.86. The van der Waals surface area contributed by atoms with Crippen molar-refractivity contribution in [2.24, 2.45) is 0 Å². The highest BCUT2D eigenvalue weighted by Gasteiger charge is 2.05. The molecule has 0 saturated carbocycles. The topological polar surface area (TPSA) is 17.8 Å². The van der Waals surface area contributed by atoms with Gasteiger partial charge in [0.1, 0.15) is 6.33 Å². The van der Waals surface area contributed by atoms with Crippen LogP contribution in [-0.4, -0.2) is 9.55 Å². The lowest BCUT2D eigenvalue weighted by atomic mass is 10.3. The molecule has 3 rings (SSSR count). The molecule has 0 unspecified atom stereocenters. The van der Waals surface area contributed by atoms with Gasteiger partial charge in [-0.1, -0.05) is 24.3 Å². The molecule has 3 heteroatoms. The van der Waals surface area contributed by atoms with Crippen LogP contribution in [-0.2, 0) is 0 Å². The summed E-state index contributed by atoms with van der Waals surface area (Å²) in [5.74, 6) is 0. The largest absolute Gasteiger partial charge is 0.298 e. The summed E-state index contributed by atoms with van der Waals surface area (Å²) in [5, 5.41) is 0. The fourth-order valence-corrected chi connectivity index (χ4v) is 2.09. The predicted molar refractivity (Wildman–Crippen MR) is 68.3 cm³/mol. The molecule has 0 aliphatic carbocycles. The summed E-state index contributed by atoms with van der Waals surface area (Å²) in [6, 6.07) is 16.1. The predicted octanol–water partition coefficient (Wildman–Crippen LogP) is 3.31. The molecule has 0 bridgehead atoms. The average molecular weight is 226 g/mol. The molecule has 2 aromatic carbocycles. The number of hydrogen-bond acceptors (Lipinski definition) is 2. The van der Waals surface area contributed by atoms with Crippen molar-refractivity contribution in [2.75, 3.05) is 0 Å². The van der Waals surface area contributed by atoms with Crippen LogP contribution in [0.4, 0.5) is 0 Å². The molecule has 0 amide bonds. The SMILES string of the molecule is Sc1ccccc1-n1cnc2ccccc21. The van der Waals surface area contributed by atoms with E-state index < -0.39 is 0 Å². The molecule has 2 nitrogen and oxygen atoms in total. The number of nitrogens with zero attached hydrogens (tertiary/aromatic N) is 2. The molecule has 0 saturated heterocycles. The lowest BCUT2D eigenvalue weighted by Gasteiger charge is -2.06. The van der Waals surface area contributed by atoms with Gasteiger partial charge < -0.3 is 0 Å². The molecule has 0 radical (unpaired) electrons. The number of thiol groups is 1. The minimum atomic E-state index is 0.950. The van der Waals surface area contributed by atoms with Crippen molar-refractivity contribution in [1.82, 2.24) is 9.55 Å². The summed E-state index contributed by atoms with van der Waals surface area (Å²) in [6.07, 6.45) is 1.83. The highest BCUT2D eigenvalue weighted by Crippen LogP contribution is 2.22. The Labute approximate surface area is 99.0 Å². The van der Waals surface area contributed by atoms with Crippen LogP contribution >= 0.6 is 12.6 Å². The monoisotopic (exact) mass is 226 g/mol. The third-order valence-corrected chi connectivity index (χ3v) is 2.97. The van der Waals surface area contributed by atoms with Crippen molar-refractivity contribution in [3.05, 3.63) is 54.9 Å². The van der Waals surface area contributed by atoms with Crippen molar-refractivity contribution in [3.63, 3.8) is 0 Å². The van der Waals surface area contributed by atoms with Crippen LogP contribution in [0.5, 0.6) is 0 Å². The van der Waals surface area contributed by atoms with E-state index in [0.29, 0.717) is 0 Å². The third-order valence-electron chi connectivity index (χ3n) is 2.59. The molecule has 0 fully saturated rings. The van der Waals surface area contributed by atoms with Gasteiger partial charge in [0, 0.05) is 4.90 Å². The number of imidazole rings is 1. The molecule has 16 heavy (non-hydrogen) atoms. The Morgan fingerprint density at radius 3 is 2.56 bits per heavy atom. The molecule has 78 valence electrons. The van der Waals surface area contributed by atoms with Gasteiger partial charge in [-0.25, -0.2) is 4.98 Å². The summed E-state index contributed by atoms with van der Waals surface area (Å²) in [4.78, 5) is 5.31. The Kier molecular flexibility index (Phi) is 2.18. The van der Waals surface area contributed by atoms with Crippen LogP contribution in [0.1, 0.15) is 0 Å². The van der Waals surface area contributed by atoms with Crippen LogP contribution in [0.15, 0.2) is 59.8 Å². The molecular weight excluding hydrogens is 216 g/mol. The zero-order chi connectivity index (χ0) is 11.0. The van der Waals surface area contributed by atoms with E-state index in [9.17, 15) is 0 Å². The standard InChI is InChI=1S/C13H10N2S/c16-13-8-4-3-7-12(13)15-9-14-10-5-1-2-6-11(10)15/h1-9,16H. The molecule has 1 heterocycles. The van der Waals surface area contributed by atoms with Crippen LogP contribution in [0.25, 0.3) is 16.7 Å². The Bertz CT molecular complexity index is 643. The van der Waals surface area contributed by atoms with Gasteiger partial charge in [0.05, 0.1) is 16.7 Å². The zero-order valence-electron chi connectivity index (χ0n) is 8.54. The highest BCUT2D eigenvalue weighted by molar-refractivity contribution is 7.80. The minimum Gasteiger partial charge on any atom is -0.298 e. The van der Waals surface area contributed by atoms with Crippen molar-refractivity contribution < 1.29 is 0 Å². The van der Waals surface area contributed by atoms with Crippen molar-refractivity contribution in [3.8, 4) is 5.69 Å². The first-order valence-corrected chi connectivity index (χ1v) is 5.51. The van der Waals surface area contributed by atoms with Gasteiger partial charge in [-0.05, 0) is 24.3 Å². The van der Waals surface area contributed by atoms with Gasteiger partial charge in [0.15, 0.2) is 0 Å². The quantitative estimate of drug-likeness (QED) is 0.630. The fraction of sp³-hybridized carbons (Fsp3) is 0. The maximum atomic E-state index is 4.46. The van der Waals surface area contributed by atoms with E-state index in [-0.39, 0.29) is 0 Å². The van der Waals surface area contributed by atoms with E-state index in [2.05, 4.69) is 28.2 Å². The Morgan fingerprint density at radius 1 is 0.938 bits per heavy atom. The van der Waals surface area contributed by atoms with Crippen molar-refractivity contribution in [1.29, 1.82) is 0 Å². The third kappa shape index (κ3) is 1.41. The van der Waals surface area contributed by atoms with Crippen molar-refractivity contribution in [2.45, 2.75) is 4.90 Å². The maximum Gasteiger partial charge on any atom is 0.100 e. The van der Waals surface area contributed by atoms with E-state index in [4.69, 9.17) is 0 Å². The highest BCUT2D eigenvalue weighted by atomic mass is 32.1. The molecule has 3 aromatic rings. The van der Waals surface area contributed by atoms with Crippen LogP contribution in [0, 0.1) is 0 Å². The molecule has 0 aliphatic rings. The Hall–Kier alpha value is -1.74. The van der Waals surface area contributed by atoms with E-state index in [1.165, 1.54) is 0 Å². The summed E-state index contributed by atoms with van der Waals surface area (Å²) < 4.78 is 2.05. The van der Waals surface area contributed by atoms with Gasteiger partial charge in [-0.2, -0.15) is 0 Å². The normalized spacial score (nSPS) is 10.8. The number of hydrogen-bond donors (Lipinski definition) is 1. The Balaban J connectivity index is 2.31. The smallest absolute Gasteiger partial charge is 0.100 e. The molecular formula is C13H10N2S. The molecule has 1 aromatic heterocycles. The first-order valence-electron chi connectivity index (χ1n) is 5.07. The van der Waals surface area contributed by atoms with E-state index in [1.807, 2.05) is 48.8 Å². The van der Waals surface area contributed by atoms with Crippen LogP contribution in [0.2, 0.25) is 0 Å². The average Bonchev–Trinajstić information content (AvgIpc) is 2.74. The summed E-state index contributed by atoms with van der Waals surface area (Å²) >= 11 is 4.46. The lowest BCUT2D eigenvalue weighted by Crippen LogP contribution is -1.92. The van der Waals surface area contributed by atoms with Gasteiger partial charge >= 0.3 is 0 Å². The van der Waals surface area contributed by atoms with Crippen LogP contribution in [0.3, 0.4) is 0 Å². The van der Waals surface area contributed by atoms with E-state index in [0.717, 1.165) is 21.6 Å². The summed E-state index contributed by atoms with van der Waals surface area (Å²) in [5.41, 5.74) is 3.16. The van der Waals surface area contributed by atoms with Gasteiger partial charge in [0.25, 0.3) is 0 Å². The Morgan fingerprint density at radius 2 is 1.69 bits per heavy atom. The fourth-order valence-electron chi connectivity index (χ4n) is 1.82. The number of para-hydroxylation sites is 3. The molecule has 0 aliphatic heterocycles. The van der Waals surface area contributed by atoms with Crippen LogP contribution < -0.4 is 0 Å². The van der Waals surface area contributed by atoms with E-state index in [1.54, 1.807) is 0 Å². The summed E-state index contributed by atoms with van der Waals surface area (Å²) in [7, 11) is 0. The number of aromatic nitrogens is 2. The second-order valence-electron chi connectivity index (χ2n) is 3.59. The molecule has 0 spiro atoms. The van der Waals surface area contributed by atoms with E-state index >= 15 is 0 Å². The maximum absolute atomic E-state index is 4.46. The van der Waals surface area contributed by atoms with Gasteiger partial charge in [-0.3, -0.25) is 4.57 Å². The summed E-state index contributed by atoms with van der Waals surface area (Å²) in [6.45, 7) is 0. The molecule has 0 atom stereocenters. The van der Waals surface area contributed by atoms with Gasteiger partial charge in [-0.15, -0.1) is 12.6 Å². The second kappa shape index (κ2) is 3.68. The number of rotatable bonds is 1. The van der Waals surface area contributed by atoms with Gasteiger partial charge in [0.2, 0.25) is 0 Å². The number of fused-ring (bicyclic) bond motifs is 1.